The molecule has 0 saturated heterocycles. The Morgan fingerprint density at radius 1 is 1.08 bits per heavy atom. The second-order valence-electron chi connectivity index (χ2n) is 6.11. The van der Waals surface area contributed by atoms with Gasteiger partial charge in [0.25, 0.3) is 0 Å². The lowest BCUT2D eigenvalue weighted by molar-refractivity contribution is -0.734. The van der Waals surface area contributed by atoms with Crippen LogP contribution in [0.2, 0.25) is 0 Å². The van der Waals surface area contributed by atoms with Gasteiger partial charge in [-0.15, -0.1) is 0 Å². The first kappa shape index (κ1) is 16.3. The lowest BCUT2D eigenvalue weighted by Gasteiger charge is -2.07. The third-order valence-electron chi connectivity index (χ3n) is 4.34. The van der Waals surface area contributed by atoms with E-state index in [9.17, 15) is 13.2 Å². The number of hydrogen-bond donors (Lipinski definition) is 0. The maximum Gasteiger partial charge on any atom is 0.416 e. The molecule has 2 heterocycles. The number of aromatic nitrogens is 2. The van der Waals surface area contributed by atoms with Crippen LogP contribution in [-0.2, 0) is 6.18 Å². The van der Waals surface area contributed by atoms with Crippen molar-refractivity contribution in [2.45, 2.75) is 24.3 Å². The molecule has 0 spiro atoms. The summed E-state index contributed by atoms with van der Waals surface area (Å²) in [6.07, 6.45) is -2.41. The Hall–Kier alpha value is -2.21. The number of hydrogen-bond acceptors (Lipinski definition) is 1. The number of nitrogens with zero attached hydrogens (tertiary/aromatic N) is 2. The molecular formula is C19H16F3N2S+. The normalized spacial score (nSPS) is 16.9. The van der Waals surface area contributed by atoms with Gasteiger partial charge in [-0.2, -0.15) is 17.7 Å². The highest BCUT2D eigenvalue weighted by atomic mass is 32.2. The fourth-order valence-corrected chi connectivity index (χ4v) is 4.39. The Morgan fingerprint density at radius 2 is 1.84 bits per heavy atom. The highest BCUT2D eigenvalue weighted by Gasteiger charge is 2.36. The first-order valence-corrected chi connectivity index (χ1v) is 8.96. The van der Waals surface area contributed by atoms with E-state index in [2.05, 4.69) is 11.5 Å². The quantitative estimate of drug-likeness (QED) is 0.576. The molecule has 2 nitrogen and oxygen atoms in total. The molecule has 0 amide bonds. The van der Waals surface area contributed by atoms with Crippen molar-refractivity contribution in [3.63, 3.8) is 0 Å². The highest BCUT2D eigenvalue weighted by molar-refractivity contribution is 7.99. The molecule has 1 atom stereocenters. The molecule has 0 fully saturated rings. The van der Waals surface area contributed by atoms with Gasteiger partial charge in [0, 0.05) is 11.3 Å². The van der Waals surface area contributed by atoms with Crippen LogP contribution in [-0.4, -0.2) is 10.3 Å². The first-order chi connectivity index (χ1) is 11.9. The maximum absolute atomic E-state index is 13.1. The minimum Gasteiger partial charge on any atom is -0.214 e. The van der Waals surface area contributed by atoms with Gasteiger partial charge < -0.3 is 0 Å². The largest absolute Gasteiger partial charge is 0.416 e. The molecule has 128 valence electrons. The summed E-state index contributed by atoms with van der Waals surface area (Å²) in [6.45, 7) is 2.13. The third-order valence-corrected chi connectivity index (χ3v) is 5.64. The molecule has 4 rings (SSSR count). The number of halogens is 3. The van der Waals surface area contributed by atoms with Crippen LogP contribution in [0.1, 0.15) is 18.5 Å². The molecular weight excluding hydrogens is 345 g/mol. The molecule has 25 heavy (non-hydrogen) atoms. The molecule has 1 aliphatic heterocycles. The number of benzene rings is 2. The lowest BCUT2D eigenvalue weighted by atomic mass is 10.1. The molecule has 0 aliphatic carbocycles. The van der Waals surface area contributed by atoms with Crippen LogP contribution in [0.4, 0.5) is 13.2 Å². The smallest absolute Gasteiger partial charge is 0.214 e. The number of thioether (sulfide) groups is 1. The predicted molar refractivity (Wildman–Crippen MR) is 91.8 cm³/mol. The van der Waals surface area contributed by atoms with Gasteiger partial charge in [-0.3, -0.25) is 0 Å². The summed E-state index contributed by atoms with van der Waals surface area (Å²) in [6, 6.07) is 15.7. The van der Waals surface area contributed by atoms with Crippen LogP contribution in [0.3, 0.4) is 0 Å². The predicted octanol–water partition coefficient (Wildman–Crippen LogP) is 5.12. The van der Waals surface area contributed by atoms with Crippen LogP contribution >= 0.6 is 11.8 Å². The van der Waals surface area contributed by atoms with Crippen molar-refractivity contribution < 1.29 is 17.7 Å². The molecule has 2 aromatic carbocycles. The van der Waals surface area contributed by atoms with Gasteiger partial charge >= 0.3 is 11.3 Å². The molecule has 6 heteroatoms. The van der Waals surface area contributed by atoms with Gasteiger partial charge in [-0.25, -0.2) is 4.57 Å². The van der Waals surface area contributed by atoms with Crippen molar-refractivity contribution in [2.75, 3.05) is 5.75 Å². The fourth-order valence-electron chi connectivity index (χ4n) is 3.13. The molecule has 0 unspecified atom stereocenters. The van der Waals surface area contributed by atoms with Crippen LogP contribution < -0.4 is 4.57 Å². The minimum atomic E-state index is -4.35. The summed E-state index contributed by atoms with van der Waals surface area (Å²) in [4.78, 5) is 0. The Kier molecular flexibility index (Phi) is 3.87. The average Bonchev–Trinajstić information content (AvgIpc) is 3.16. The molecule has 0 bridgehead atoms. The monoisotopic (exact) mass is 361 g/mol. The number of alkyl halides is 3. The van der Waals surface area contributed by atoms with Crippen LogP contribution in [0.5, 0.6) is 0 Å². The number of fused-ring (bicyclic) bond motifs is 1. The molecule has 1 aliphatic rings. The average molecular weight is 361 g/mol. The molecule has 0 radical (unpaired) electrons. The summed E-state index contributed by atoms with van der Waals surface area (Å²) < 4.78 is 43.3. The van der Waals surface area contributed by atoms with Crippen molar-refractivity contribution >= 4 is 11.8 Å². The summed E-state index contributed by atoms with van der Waals surface area (Å²) in [5.41, 5.74) is 1.98. The van der Waals surface area contributed by atoms with E-state index in [0.717, 1.165) is 28.2 Å². The van der Waals surface area contributed by atoms with E-state index >= 15 is 0 Å². The van der Waals surface area contributed by atoms with Crippen molar-refractivity contribution in [1.82, 2.24) is 4.57 Å². The Labute approximate surface area is 147 Å². The number of imidazole rings is 1. The summed E-state index contributed by atoms with van der Waals surface area (Å²) in [5.74, 6) is 0.912. The third kappa shape index (κ3) is 2.84. The van der Waals surface area contributed by atoms with E-state index in [1.54, 1.807) is 17.8 Å². The van der Waals surface area contributed by atoms with E-state index in [0.29, 0.717) is 11.7 Å². The molecule has 1 aromatic heterocycles. The topological polar surface area (TPSA) is 8.81 Å². The number of rotatable bonds is 2. The van der Waals surface area contributed by atoms with Crippen LogP contribution in [0.15, 0.2) is 66.0 Å². The standard InChI is InChI=1S/C19H16F3N2S/c1-13-12-25-18-23(16-9-5-8-15(10-16)19(20,21)22)11-17(24(13)18)14-6-3-2-4-7-14/h2-11,13H,12H2,1H3/q+1/t13-/m1/s1. The van der Waals surface area contributed by atoms with E-state index in [1.807, 2.05) is 41.1 Å². The Morgan fingerprint density at radius 3 is 2.56 bits per heavy atom. The van der Waals surface area contributed by atoms with Gasteiger partial charge in [0.1, 0.15) is 17.9 Å². The summed E-state index contributed by atoms with van der Waals surface area (Å²) in [5, 5.41) is 0.964. The van der Waals surface area contributed by atoms with Gasteiger partial charge in [0.15, 0.2) is 5.69 Å². The summed E-state index contributed by atoms with van der Waals surface area (Å²) in [7, 11) is 0. The highest BCUT2D eigenvalue weighted by Crippen LogP contribution is 2.35. The first-order valence-electron chi connectivity index (χ1n) is 7.98. The van der Waals surface area contributed by atoms with Crippen molar-refractivity contribution in [3.05, 3.63) is 66.4 Å². The van der Waals surface area contributed by atoms with Crippen molar-refractivity contribution in [2.24, 2.45) is 0 Å². The lowest BCUT2D eigenvalue weighted by Crippen LogP contribution is -2.37. The van der Waals surface area contributed by atoms with E-state index < -0.39 is 11.7 Å². The SMILES string of the molecule is C[C@@H]1CSc2n(-c3cccc(C(F)(F)F)c3)cc(-c3ccccc3)[n+]21. The van der Waals surface area contributed by atoms with Crippen molar-refractivity contribution in [3.8, 4) is 16.9 Å². The van der Waals surface area contributed by atoms with Crippen molar-refractivity contribution in [1.29, 1.82) is 0 Å². The van der Waals surface area contributed by atoms with Gasteiger partial charge in [0.2, 0.25) is 0 Å². The second-order valence-corrected chi connectivity index (χ2v) is 7.10. The van der Waals surface area contributed by atoms with Crippen LogP contribution in [0.25, 0.3) is 16.9 Å². The second kappa shape index (κ2) is 5.95. The van der Waals surface area contributed by atoms with Crippen LogP contribution in [0, 0.1) is 0 Å². The minimum absolute atomic E-state index is 0.294. The molecule has 3 aromatic rings. The molecule has 0 N–H and O–H groups in total. The van der Waals surface area contributed by atoms with Gasteiger partial charge in [-0.05, 0) is 36.9 Å². The zero-order valence-electron chi connectivity index (χ0n) is 13.5. The fraction of sp³-hybridized carbons (Fsp3) is 0.211. The zero-order valence-corrected chi connectivity index (χ0v) is 14.3. The Balaban J connectivity index is 1.89. The zero-order chi connectivity index (χ0) is 17.6. The van der Waals surface area contributed by atoms with E-state index in [1.165, 1.54) is 12.1 Å². The van der Waals surface area contributed by atoms with E-state index in [4.69, 9.17) is 0 Å². The van der Waals surface area contributed by atoms with Gasteiger partial charge in [0.05, 0.1) is 5.56 Å². The molecule has 0 saturated carbocycles. The Bertz CT molecular complexity index is 916. The van der Waals surface area contributed by atoms with E-state index in [-0.39, 0.29) is 0 Å². The van der Waals surface area contributed by atoms with Gasteiger partial charge in [-0.1, -0.05) is 36.4 Å². The maximum atomic E-state index is 13.1. The summed E-state index contributed by atoms with van der Waals surface area (Å²) >= 11 is 1.67.